The van der Waals surface area contributed by atoms with Gasteiger partial charge >= 0.3 is 0 Å². The predicted molar refractivity (Wildman–Crippen MR) is 74.1 cm³/mol. The van der Waals surface area contributed by atoms with Crippen LogP contribution in [0.1, 0.15) is 17.3 Å². The average Bonchev–Trinajstić information content (AvgIpc) is 2.86. The third kappa shape index (κ3) is 2.09. The number of pyridine rings is 1. The first-order chi connectivity index (χ1) is 9.29. The van der Waals surface area contributed by atoms with Gasteiger partial charge in [-0.3, -0.25) is 10.8 Å². The standard InChI is InChI=1S/C14H15N5/c1-19-8-13(17-9-19)14(18-15)11-4-2-6-12-10(11)5-3-7-16-12/h2-9,14,18H,15H2,1H3. The second-order valence-electron chi connectivity index (χ2n) is 4.48. The van der Waals surface area contributed by atoms with Gasteiger partial charge < -0.3 is 4.57 Å². The highest BCUT2D eigenvalue weighted by Gasteiger charge is 2.17. The molecule has 0 radical (unpaired) electrons. The Hall–Kier alpha value is -2.24. The van der Waals surface area contributed by atoms with Crippen molar-refractivity contribution < 1.29 is 0 Å². The van der Waals surface area contributed by atoms with Crippen molar-refractivity contribution in [3.8, 4) is 0 Å². The van der Waals surface area contributed by atoms with Crippen LogP contribution in [0.4, 0.5) is 0 Å². The molecule has 1 aromatic carbocycles. The summed E-state index contributed by atoms with van der Waals surface area (Å²) >= 11 is 0. The number of benzene rings is 1. The summed E-state index contributed by atoms with van der Waals surface area (Å²) in [5.74, 6) is 5.72. The van der Waals surface area contributed by atoms with Crippen LogP contribution in [0, 0.1) is 0 Å². The number of nitrogens with zero attached hydrogens (tertiary/aromatic N) is 3. The van der Waals surface area contributed by atoms with Gasteiger partial charge in [-0.2, -0.15) is 0 Å². The van der Waals surface area contributed by atoms with Crippen LogP contribution < -0.4 is 11.3 Å². The third-order valence-corrected chi connectivity index (χ3v) is 3.18. The Labute approximate surface area is 111 Å². The Balaban J connectivity index is 2.16. The first-order valence-corrected chi connectivity index (χ1v) is 6.07. The Kier molecular flexibility index (Phi) is 2.98. The number of nitrogens with one attached hydrogen (secondary N) is 1. The number of hydrazine groups is 1. The minimum atomic E-state index is -0.144. The van der Waals surface area contributed by atoms with Crippen molar-refractivity contribution >= 4 is 10.9 Å². The van der Waals surface area contributed by atoms with E-state index >= 15 is 0 Å². The maximum atomic E-state index is 5.72. The summed E-state index contributed by atoms with van der Waals surface area (Å²) in [5.41, 5.74) is 5.76. The maximum Gasteiger partial charge on any atom is 0.0947 e. The van der Waals surface area contributed by atoms with Crippen LogP contribution in [0.2, 0.25) is 0 Å². The van der Waals surface area contributed by atoms with Gasteiger partial charge in [0.05, 0.1) is 23.6 Å². The second-order valence-corrected chi connectivity index (χ2v) is 4.48. The number of rotatable bonds is 3. The van der Waals surface area contributed by atoms with Crippen LogP contribution in [0.15, 0.2) is 49.1 Å². The molecule has 0 saturated carbocycles. The van der Waals surface area contributed by atoms with Crippen LogP contribution in [0.3, 0.4) is 0 Å². The fraction of sp³-hybridized carbons (Fsp3) is 0.143. The Morgan fingerprint density at radius 2 is 2.11 bits per heavy atom. The van der Waals surface area contributed by atoms with Crippen LogP contribution in [-0.4, -0.2) is 14.5 Å². The zero-order chi connectivity index (χ0) is 13.2. The summed E-state index contributed by atoms with van der Waals surface area (Å²) in [7, 11) is 1.94. The molecule has 0 aliphatic carbocycles. The Morgan fingerprint density at radius 3 is 2.84 bits per heavy atom. The Morgan fingerprint density at radius 1 is 1.21 bits per heavy atom. The molecule has 0 fully saturated rings. The molecule has 2 aromatic heterocycles. The maximum absolute atomic E-state index is 5.72. The number of aryl methyl sites for hydroxylation is 1. The van der Waals surface area contributed by atoms with Gasteiger partial charge in [0.25, 0.3) is 0 Å². The van der Waals surface area contributed by atoms with E-state index in [1.807, 2.05) is 48.1 Å². The van der Waals surface area contributed by atoms with E-state index in [1.165, 1.54) is 0 Å². The molecule has 0 aliphatic rings. The van der Waals surface area contributed by atoms with Gasteiger partial charge in [0.1, 0.15) is 0 Å². The molecule has 1 unspecified atom stereocenters. The van der Waals surface area contributed by atoms with E-state index in [2.05, 4.69) is 15.4 Å². The summed E-state index contributed by atoms with van der Waals surface area (Å²) in [4.78, 5) is 8.73. The molecule has 3 N–H and O–H groups in total. The van der Waals surface area contributed by atoms with Crippen LogP contribution in [0.5, 0.6) is 0 Å². The minimum Gasteiger partial charge on any atom is -0.340 e. The van der Waals surface area contributed by atoms with Gasteiger partial charge in [0, 0.05) is 24.8 Å². The van der Waals surface area contributed by atoms with E-state index in [9.17, 15) is 0 Å². The summed E-state index contributed by atoms with van der Waals surface area (Å²) < 4.78 is 1.91. The molecule has 2 heterocycles. The van der Waals surface area contributed by atoms with Crippen molar-refractivity contribution in [2.45, 2.75) is 6.04 Å². The largest absolute Gasteiger partial charge is 0.340 e. The van der Waals surface area contributed by atoms with E-state index in [4.69, 9.17) is 5.84 Å². The summed E-state index contributed by atoms with van der Waals surface area (Å²) in [6, 6.07) is 9.85. The lowest BCUT2D eigenvalue weighted by atomic mass is 10.00. The van der Waals surface area contributed by atoms with Crippen LogP contribution in [0.25, 0.3) is 10.9 Å². The number of nitrogens with two attached hydrogens (primary N) is 1. The van der Waals surface area contributed by atoms with Crippen molar-refractivity contribution in [2.75, 3.05) is 0 Å². The number of aromatic nitrogens is 3. The molecule has 19 heavy (non-hydrogen) atoms. The van der Waals surface area contributed by atoms with Gasteiger partial charge in [-0.25, -0.2) is 10.4 Å². The van der Waals surface area contributed by atoms with Crippen molar-refractivity contribution in [2.24, 2.45) is 12.9 Å². The zero-order valence-electron chi connectivity index (χ0n) is 10.6. The SMILES string of the molecule is Cn1cnc(C(NN)c2cccc3ncccc23)c1. The van der Waals surface area contributed by atoms with Crippen molar-refractivity contribution in [1.29, 1.82) is 0 Å². The molecule has 0 aliphatic heterocycles. The lowest BCUT2D eigenvalue weighted by Gasteiger charge is -2.16. The Bertz CT molecular complexity index is 698. The normalized spacial score (nSPS) is 12.7. The molecule has 5 heteroatoms. The highest BCUT2D eigenvalue weighted by Crippen LogP contribution is 2.26. The molecule has 3 rings (SSSR count). The fourth-order valence-corrected chi connectivity index (χ4v) is 2.30. The molecule has 96 valence electrons. The third-order valence-electron chi connectivity index (χ3n) is 3.18. The van der Waals surface area contributed by atoms with Crippen molar-refractivity contribution in [1.82, 2.24) is 20.0 Å². The number of fused-ring (bicyclic) bond motifs is 1. The average molecular weight is 253 g/mol. The van der Waals surface area contributed by atoms with Gasteiger partial charge in [0.15, 0.2) is 0 Å². The molecule has 0 amide bonds. The molecule has 0 bridgehead atoms. The predicted octanol–water partition coefficient (Wildman–Crippen LogP) is 1.52. The highest BCUT2D eigenvalue weighted by atomic mass is 15.2. The van der Waals surface area contributed by atoms with Crippen molar-refractivity contribution in [3.63, 3.8) is 0 Å². The molecular formula is C14H15N5. The topological polar surface area (TPSA) is 68.8 Å². The molecule has 1 atom stereocenters. The molecule has 3 aromatic rings. The van der Waals surface area contributed by atoms with E-state index in [-0.39, 0.29) is 6.04 Å². The van der Waals surface area contributed by atoms with Crippen molar-refractivity contribution in [3.05, 3.63) is 60.3 Å². The lowest BCUT2D eigenvalue weighted by Crippen LogP contribution is -2.29. The summed E-state index contributed by atoms with van der Waals surface area (Å²) in [5, 5.41) is 1.08. The summed E-state index contributed by atoms with van der Waals surface area (Å²) in [6.45, 7) is 0. The number of hydrogen-bond acceptors (Lipinski definition) is 4. The van der Waals surface area contributed by atoms with Crippen LogP contribution in [-0.2, 0) is 7.05 Å². The number of hydrogen-bond donors (Lipinski definition) is 2. The molecule has 5 nitrogen and oxygen atoms in total. The first kappa shape index (κ1) is 11.8. The highest BCUT2D eigenvalue weighted by molar-refractivity contribution is 5.82. The van der Waals surface area contributed by atoms with Gasteiger partial charge in [-0.05, 0) is 17.7 Å². The summed E-state index contributed by atoms with van der Waals surface area (Å²) in [6.07, 6.45) is 5.51. The monoisotopic (exact) mass is 253 g/mol. The first-order valence-electron chi connectivity index (χ1n) is 6.07. The molecule has 0 spiro atoms. The number of imidazole rings is 1. The van der Waals surface area contributed by atoms with Gasteiger partial charge in [-0.1, -0.05) is 18.2 Å². The molecular weight excluding hydrogens is 238 g/mol. The second kappa shape index (κ2) is 4.79. The minimum absolute atomic E-state index is 0.144. The fourth-order valence-electron chi connectivity index (χ4n) is 2.30. The van der Waals surface area contributed by atoms with Crippen LogP contribution >= 0.6 is 0 Å². The smallest absolute Gasteiger partial charge is 0.0947 e. The van der Waals surface area contributed by atoms with E-state index in [0.717, 1.165) is 22.2 Å². The quantitative estimate of drug-likeness (QED) is 0.548. The van der Waals surface area contributed by atoms with Gasteiger partial charge in [-0.15, -0.1) is 0 Å². The van der Waals surface area contributed by atoms with E-state index < -0.39 is 0 Å². The molecule has 0 saturated heterocycles. The zero-order valence-corrected chi connectivity index (χ0v) is 10.6. The van der Waals surface area contributed by atoms with Gasteiger partial charge in [0.2, 0.25) is 0 Å². The van der Waals surface area contributed by atoms with E-state index in [1.54, 1.807) is 12.5 Å². The van der Waals surface area contributed by atoms with E-state index in [0.29, 0.717) is 0 Å². The lowest BCUT2D eigenvalue weighted by molar-refractivity contribution is 0.627.